The summed E-state index contributed by atoms with van der Waals surface area (Å²) < 4.78 is 31.5. The Morgan fingerprint density at radius 3 is 2.30 bits per heavy atom. The standard InChI is InChI=1S/C3H6N2O4S/c4-1-3(2-5)9-10(6,7)8/h1-2,4H,5H2,(H,6,7,8)/b3-2+,4-1?. The zero-order valence-corrected chi connectivity index (χ0v) is 5.63. The smallest absolute Gasteiger partial charge is 0.402 e. The first-order chi connectivity index (χ1) is 4.49. The third kappa shape index (κ3) is 3.87. The molecule has 0 unspecified atom stereocenters. The summed E-state index contributed by atoms with van der Waals surface area (Å²) in [5.74, 6) is -0.442. The molecule has 0 saturated carbocycles. The van der Waals surface area contributed by atoms with Crippen molar-refractivity contribution < 1.29 is 17.2 Å². The van der Waals surface area contributed by atoms with Crippen LogP contribution in [-0.4, -0.2) is 19.2 Å². The van der Waals surface area contributed by atoms with E-state index in [-0.39, 0.29) is 0 Å². The lowest BCUT2D eigenvalue weighted by molar-refractivity contribution is 0.345. The molecule has 58 valence electrons. The normalized spacial score (nSPS) is 12.7. The average molecular weight is 166 g/mol. The van der Waals surface area contributed by atoms with Crippen LogP contribution in [0.5, 0.6) is 0 Å². The summed E-state index contributed by atoms with van der Waals surface area (Å²) in [6.45, 7) is 0. The molecule has 10 heavy (non-hydrogen) atoms. The van der Waals surface area contributed by atoms with Gasteiger partial charge in [0.15, 0.2) is 5.76 Å². The van der Waals surface area contributed by atoms with E-state index in [2.05, 4.69) is 4.18 Å². The molecule has 0 aliphatic rings. The Morgan fingerprint density at radius 2 is 2.20 bits per heavy atom. The molecule has 0 saturated heterocycles. The molecular formula is C3H6N2O4S. The van der Waals surface area contributed by atoms with Crippen molar-refractivity contribution >= 4 is 16.6 Å². The van der Waals surface area contributed by atoms with Crippen molar-refractivity contribution in [3.05, 3.63) is 12.0 Å². The second-order valence-electron chi connectivity index (χ2n) is 1.22. The van der Waals surface area contributed by atoms with Gasteiger partial charge in [-0.05, 0) is 0 Å². The van der Waals surface area contributed by atoms with Crippen molar-refractivity contribution in [2.45, 2.75) is 0 Å². The molecule has 0 heterocycles. The molecule has 7 heteroatoms. The Balaban J connectivity index is 4.30. The molecule has 0 spiro atoms. The minimum absolute atomic E-state index is 0.442. The SMILES string of the molecule is N=C/C(=C\N)OS(=O)(=O)O. The second-order valence-corrected chi connectivity index (χ2v) is 2.25. The van der Waals surface area contributed by atoms with E-state index in [4.69, 9.17) is 15.7 Å². The third-order valence-electron chi connectivity index (χ3n) is 0.508. The van der Waals surface area contributed by atoms with Crippen molar-refractivity contribution in [1.82, 2.24) is 0 Å². The Bertz CT molecular complexity index is 241. The summed E-state index contributed by atoms with van der Waals surface area (Å²) in [5, 5.41) is 6.47. The lowest BCUT2D eigenvalue weighted by Crippen LogP contribution is -2.05. The molecule has 0 aromatic rings. The molecule has 0 radical (unpaired) electrons. The average Bonchev–Trinajstić information content (AvgIpc) is 1.81. The summed E-state index contributed by atoms with van der Waals surface area (Å²) in [7, 11) is -4.55. The van der Waals surface area contributed by atoms with Crippen LogP contribution in [-0.2, 0) is 14.6 Å². The van der Waals surface area contributed by atoms with Crippen molar-refractivity contribution in [1.29, 1.82) is 5.41 Å². The van der Waals surface area contributed by atoms with E-state index in [9.17, 15) is 8.42 Å². The highest BCUT2D eigenvalue weighted by Crippen LogP contribution is 1.95. The zero-order valence-electron chi connectivity index (χ0n) is 4.81. The number of allylic oxidation sites excluding steroid dienone is 1. The minimum atomic E-state index is -4.55. The Hall–Kier alpha value is -1.08. The van der Waals surface area contributed by atoms with Crippen LogP contribution in [0.4, 0.5) is 0 Å². The first kappa shape index (κ1) is 8.92. The van der Waals surface area contributed by atoms with Gasteiger partial charge in [-0.15, -0.1) is 0 Å². The lowest BCUT2D eigenvalue weighted by Gasteiger charge is -1.97. The van der Waals surface area contributed by atoms with Gasteiger partial charge in [-0.1, -0.05) is 0 Å². The first-order valence-corrected chi connectivity index (χ1v) is 3.45. The highest BCUT2D eigenvalue weighted by atomic mass is 32.3. The number of hydrogen-bond donors (Lipinski definition) is 3. The van der Waals surface area contributed by atoms with Gasteiger partial charge in [0.25, 0.3) is 0 Å². The van der Waals surface area contributed by atoms with Gasteiger partial charge in [0.05, 0.1) is 6.21 Å². The fourth-order valence-corrected chi connectivity index (χ4v) is 0.568. The van der Waals surface area contributed by atoms with Crippen molar-refractivity contribution in [3.63, 3.8) is 0 Å². The van der Waals surface area contributed by atoms with Gasteiger partial charge in [-0.2, -0.15) is 8.42 Å². The molecule has 0 aromatic carbocycles. The molecule has 0 aromatic heterocycles. The first-order valence-electron chi connectivity index (χ1n) is 2.09. The second kappa shape index (κ2) is 3.18. The number of nitrogens with two attached hydrogens (primary N) is 1. The van der Waals surface area contributed by atoms with Crippen LogP contribution in [0, 0.1) is 5.41 Å². The monoisotopic (exact) mass is 166 g/mol. The van der Waals surface area contributed by atoms with Crippen LogP contribution in [0.2, 0.25) is 0 Å². The lowest BCUT2D eigenvalue weighted by atomic mass is 10.6. The Morgan fingerprint density at radius 1 is 1.70 bits per heavy atom. The molecule has 6 nitrogen and oxygen atoms in total. The van der Waals surface area contributed by atoms with E-state index in [0.717, 1.165) is 6.20 Å². The Labute approximate surface area is 57.8 Å². The van der Waals surface area contributed by atoms with E-state index in [1.54, 1.807) is 0 Å². The molecule has 0 fully saturated rings. The molecule has 0 rings (SSSR count). The number of nitrogens with one attached hydrogen (secondary N) is 1. The van der Waals surface area contributed by atoms with Crippen LogP contribution >= 0.6 is 0 Å². The van der Waals surface area contributed by atoms with Gasteiger partial charge in [0.2, 0.25) is 0 Å². The van der Waals surface area contributed by atoms with Crippen molar-refractivity contribution in [2.75, 3.05) is 0 Å². The highest BCUT2D eigenvalue weighted by molar-refractivity contribution is 7.81. The number of hydrogen-bond acceptors (Lipinski definition) is 5. The fourth-order valence-electron chi connectivity index (χ4n) is 0.222. The largest absolute Gasteiger partial charge is 0.446 e. The summed E-state index contributed by atoms with van der Waals surface area (Å²) in [6, 6.07) is 0. The minimum Gasteiger partial charge on any atom is -0.402 e. The summed E-state index contributed by atoms with van der Waals surface area (Å²) in [4.78, 5) is 0. The quantitative estimate of drug-likeness (QED) is 0.290. The molecule has 0 bridgehead atoms. The molecule has 0 aliphatic heterocycles. The van der Waals surface area contributed by atoms with Gasteiger partial charge in [-0.3, -0.25) is 4.55 Å². The van der Waals surface area contributed by atoms with E-state index < -0.39 is 16.2 Å². The molecule has 0 aliphatic carbocycles. The highest BCUT2D eigenvalue weighted by Gasteiger charge is 2.05. The molecular weight excluding hydrogens is 160 g/mol. The van der Waals surface area contributed by atoms with Gasteiger partial charge < -0.3 is 15.3 Å². The molecule has 0 amide bonds. The van der Waals surface area contributed by atoms with Gasteiger partial charge >= 0.3 is 10.4 Å². The van der Waals surface area contributed by atoms with E-state index >= 15 is 0 Å². The maximum Gasteiger partial charge on any atom is 0.446 e. The van der Waals surface area contributed by atoms with Crippen LogP contribution in [0.1, 0.15) is 0 Å². The van der Waals surface area contributed by atoms with Crippen LogP contribution in [0.15, 0.2) is 12.0 Å². The topological polar surface area (TPSA) is 113 Å². The van der Waals surface area contributed by atoms with Crippen molar-refractivity contribution in [3.8, 4) is 0 Å². The fraction of sp³-hybridized carbons (Fsp3) is 0. The van der Waals surface area contributed by atoms with Crippen LogP contribution in [0.3, 0.4) is 0 Å². The summed E-state index contributed by atoms with van der Waals surface area (Å²) >= 11 is 0. The van der Waals surface area contributed by atoms with E-state index in [1.807, 2.05) is 0 Å². The van der Waals surface area contributed by atoms with E-state index in [0.29, 0.717) is 6.21 Å². The maximum absolute atomic E-state index is 9.89. The van der Waals surface area contributed by atoms with Crippen molar-refractivity contribution in [2.24, 2.45) is 5.73 Å². The van der Waals surface area contributed by atoms with Gasteiger partial charge in [-0.25, -0.2) is 0 Å². The van der Waals surface area contributed by atoms with Crippen LogP contribution in [0.25, 0.3) is 0 Å². The predicted molar refractivity (Wildman–Crippen MR) is 33.7 cm³/mol. The zero-order chi connectivity index (χ0) is 8.20. The number of rotatable bonds is 3. The molecule has 4 N–H and O–H groups in total. The van der Waals surface area contributed by atoms with Gasteiger partial charge in [0.1, 0.15) is 0 Å². The maximum atomic E-state index is 9.89. The summed E-state index contributed by atoms with van der Waals surface area (Å²) in [6.07, 6.45) is 1.29. The Kier molecular flexibility index (Phi) is 2.84. The summed E-state index contributed by atoms with van der Waals surface area (Å²) in [5.41, 5.74) is 4.78. The van der Waals surface area contributed by atoms with Crippen LogP contribution < -0.4 is 5.73 Å². The van der Waals surface area contributed by atoms with E-state index in [1.165, 1.54) is 0 Å². The molecule has 0 atom stereocenters. The van der Waals surface area contributed by atoms with Gasteiger partial charge in [0, 0.05) is 6.20 Å². The third-order valence-corrected chi connectivity index (χ3v) is 0.911. The predicted octanol–water partition coefficient (Wildman–Crippen LogP) is -0.745.